The van der Waals surface area contributed by atoms with Crippen LogP contribution >= 0.6 is 0 Å². The van der Waals surface area contributed by atoms with Gasteiger partial charge < -0.3 is 10.4 Å². The van der Waals surface area contributed by atoms with E-state index >= 15 is 0 Å². The summed E-state index contributed by atoms with van der Waals surface area (Å²) >= 11 is 0. The second-order valence-electron chi connectivity index (χ2n) is 5.16. The van der Waals surface area contributed by atoms with Crippen LogP contribution in [0, 0.1) is 11.3 Å². The molecule has 23 heavy (non-hydrogen) atoms. The van der Waals surface area contributed by atoms with Crippen molar-refractivity contribution in [1.29, 1.82) is 5.26 Å². The maximum atomic E-state index is 12.2. The molecule has 118 valence electrons. The zero-order chi connectivity index (χ0) is 16.5. The number of hydrogen-bond donors (Lipinski definition) is 2. The normalized spacial score (nSPS) is 10.3. The van der Waals surface area contributed by atoms with Crippen LogP contribution in [0.4, 0.5) is 5.69 Å². The van der Waals surface area contributed by atoms with Gasteiger partial charge in [-0.2, -0.15) is 5.26 Å². The lowest BCUT2D eigenvalue weighted by Gasteiger charge is -2.20. The van der Waals surface area contributed by atoms with E-state index in [9.17, 15) is 9.90 Å². The fourth-order valence-corrected chi connectivity index (χ4v) is 2.27. The number of amides is 1. The number of carbonyl (C=O) groups excluding carboxylic acids is 1. The molecule has 1 amide bonds. The summed E-state index contributed by atoms with van der Waals surface area (Å²) in [7, 11) is 0. The number of aliphatic hydroxyl groups is 1. The molecule has 5 nitrogen and oxygen atoms in total. The standard InChI is InChI=1S/C18H19N3O2/c19-12-16-7-4-8-17(11-16)20-18(23)14-21(9-10-22)13-15-5-2-1-3-6-15/h1-8,11,22H,9-10,13-14H2,(H,20,23). The number of hydrogen-bond acceptors (Lipinski definition) is 4. The molecule has 2 aromatic carbocycles. The fraction of sp³-hybridized carbons (Fsp3) is 0.222. The largest absolute Gasteiger partial charge is 0.395 e. The van der Waals surface area contributed by atoms with Gasteiger partial charge in [0, 0.05) is 18.8 Å². The Hall–Kier alpha value is -2.68. The van der Waals surface area contributed by atoms with Crippen LogP contribution < -0.4 is 5.32 Å². The van der Waals surface area contributed by atoms with E-state index in [4.69, 9.17) is 5.26 Å². The highest BCUT2D eigenvalue weighted by molar-refractivity contribution is 5.92. The highest BCUT2D eigenvalue weighted by Gasteiger charge is 2.11. The molecule has 0 aliphatic rings. The van der Waals surface area contributed by atoms with E-state index in [1.165, 1.54) is 0 Å². The van der Waals surface area contributed by atoms with E-state index < -0.39 is 0 Å². The highest BCUT2D eigenvalue weighted by Crippen LogP contribution is 2.10. The van der Waals surface area contributed by atoms with Gasteiger partial charge in [-0.15, -0.1) is 0 Å². The third-order valence-corrected chi connectivity index (χ3v) is 3.31. The number of anilines is 1. The quantitative estimate of drug-likeness (QED) is 0.820. The van der Waals surface area contributed by atoms with Crippen LogP contribution in [-0.4, -0.2) is 35.6 Å². The maximum Gasteiger partial charge on any atom is 0.238 e. The summed E-state index contributed by atoms with van der Waals surface area (Å²) in [5.41, 5.74) is 2.18. The Morgan fingerprint density at radius 2 is 1.96 bits per heavy atom. The minimum absolute atomic E-state index is 0.00989. The zero-order valence-electron chi connectivity index (χ0n) is 12.8. The van der Waals surface area contributed by atoms with Gasteiger partial charge in [0.15, 0.2) is 0 Å². The van der Waals surface area contributed by atoms with Crippen LogP contribution in [0.2, 0.25) is 0 Å². The molecule has 0 heterocycles. The molecule has 5 heteroatoms. The summed E-state index contributed by atoms with van der Waals surface area (Å²) in [5, 5.41) is 20.8. The van der Waals surface area contributed by atoms with Crippen molar-refractivity contribution < 1.29 is 9.90 Å². The van der Waals surface area contributed by atoms with Crippen molar-refractivity contribution in [3.63, 3.8) is 0 Å². The number of aliphatic hydroxyl groups excluding tert-OH is 1. The molecule has 2 aromatic rings. The van der Waals surface area contributed by atoms with Crippen molar-refractivity contribution in [2.45, 2.75) is 6.54 Å². The van der Waals surface area contributed by atoms with Crippen LogP contribution in [0.5, 0.6) is 0 Å². The molecule has 0 fully saturated rings. The van der Waals surface area contributed by atoms with E-state index in [1.807, 2.05) is 41.3 Å². The summed E-state index contributed by atoms with van der Waals surface area (Å²) in [6.07, 6.45) is 0. The number of carbonyl (C=O) groups is 1. The molecule has 0 bridgehead atoms. The average Bonchev–Trinajstić information content (AvgIpc) is 2.56. The predicted octanol–water partition coefficient (Wildman–Crippen LogP) is 1.99. The van der Waals surface area contributed by atoms with Crippen molar-refractivity contribution in [2.75, 3.05) is 25.0 Å². The molecule has 0 atom stereocenters. The summed E-state index contributed by atoms with van der Waals surface area (Å²) in [4.78, 5) is 14.0. The lowest BCUT2D eigenvalue weighted by molar-refractivity contribution is -0.117. The fourth-order valence-electron chi connectivity index (χ4n) is 2.27. The van der Waals surface area contributed by atoms with Crippen molar-refractivity contribution in [3.05, 3.63) is 65.7 Å². The molecule has 0 unspecified atom stereocenters. The van der Waals surface area contributed by atoms with Gasteiger partial charge in [0.05, 0.1) is 24.8 Å². The first-order valence-electron chi connectivity index (χ1n) is 7.38. The van der Waals surface area contributed by atoms with Gasteiger partial charge in [-0.25, -0.2) is 0 Å². The summed E-state index contributed by atoms with van der Waals surface area (Å²) in [6.45, 7) is 1.17. The molecule has 0 aliphatic heterocycles. The smallest absolute Gasteiger partial charge is 0.238 e. The Morgan fingerprint density at radius 3 is 2.65 bits per heavy atom. The Labute approximate surface area is 135 Å². The number of nitrogens with one attached hydrogen (secondary N) is 1. The monoisotopic (exact) mass is 309 g/mol. The molecule has 0 saturated heterocycles. The minimum Gasteiger partial charge on any atom is -0.395 e. The molecule has 0 saturated carbocycles. The second kappa shape index (κ2) is 8.69. The number of rotatable bonds is 7. The van der Waals surface area contributed by atoms with Gasteiger partial charge in [0.2, 0.25) is 5.91 Å². The Morgan fingerprint density at radius 1 is 1.17 bits per heavy atom. The number of nitrogens with zero attached hydrogens (tertiary/aromatic N) is 2. The Balaban J connectivity index is 1.96. The van der Waals surface area contributed by atoms with Gasteiger partial charge in [-0.3, -0.25) is 9.69 Å². The van der Waals surface area contributed by atoms with Crippen LogP contribution in [0.1, 0.15) is 11.1 Å². The van der Waals surface area contributed by atoms with Crippen molar-refractivity contribution >= 4 is 11.6 Å². The van der Waals surface area contributed by atoms with Crippen LogP contribution in [-0.2, 0) is 11.3 Å². The first-order valence-corrected chi connectivity index (χ1v) is 7.38. The second-order valence-corrected chi connectivity index (χ2v) is 5.16. The van der Waals surface area contributed by atoms with Gasteiger partial charge >= 0.3 is 0 Å². The van der Waals surface area contributed by atoms with E-state index in [0.29, 0.717) is 24.3 Å². The van der Waals surface area contributed by atoms with Crippen LogP contribution in [0.15, 0.2) is 54.6 Å². The zero-order valence-corrected chi connectivity index (χ0v) is 12.8. The Kier molecular flexibility index (Phi) is 6.30. The molecule has 0 radical (unpaired) electrons. The maximum absolute atomic E-state index is 12.2. The molecule has 0 spiro atoms. The molecular weight excluding hydrogens is 290 g/mol. The van der Waals surface area contributed by atoms with E-state index in [-0.39, 0.29) is 19.1 Å². The summed E-state index contributed by atoms with van der Waals surface area (Å²) in [5.74, 6) is -0.176. The third kappa shape index (κ3) is 5.55. The molecular formula is C18H19N3O2. The SMILES string of the molecule is N#Cc1cccc(NC(=O)CN(CCO)Cc2ccccc2)c1. The topological polar surface area (TPSA) is 76.4 Å². The molecule has 0 aliphatic carbocycles. The lowest BCUT2D eigenvalue weighted by Crippen LogP contribution is -2.34. The Bertz CT molecular complexity index is 680. The third-order valence-electron chi connectivity index (χ3n) is 3.31. The van der Waals surface area contributed by atoms with Crippen molar-refractivity contribution in [3.8, 4) is 6.07 Å². The van der Waals surface area contributed by atoms with E-state index in [0.717, 1.165) is 5.56 Å². The lowest BCUT2D eigenvalue weighted by atomic mass is 10.2. The summed E-state index contributed by atoms with van der Waals surface area (Å²) < 4.78 is 0. The molecule has 0 aromatic heterocycles. The minimum atomic E-state index is -0.176. The number of benzene rings is 2. The number of nitriles is 1. The van der Waals surface area contributed by atoms with Crippen molar-refractivity contribution in [1.82, 2.24) is 4.90 Å². The molecule has 2 rings (SSSR count). The summed E-state index contributed by atoms with van der Waals surface area (Å²) in [6, 6.07) is 18.6. The van der Waals surface area contributed by atoms with Crippen molar-refractivity contribution in [2.24, 2.45) is 0 Å². The average molecular weight is 309 g/mol. The van der Waals surface area contributed by atoms with Crippen LogP contribution in [0.3, 0.4) is 0 Å². The van der Waals surface area contributed by atoms with Gasteiger partial charge in [-0.1, -0.05) is 36.4 Å². The van der Waals surface area contributed by atoms with Crippen LogP contribution in [0.25, 0.3) is 0 Å². The first kappa shape index (κ1) is 16.7. The molecule has 2 N–H and O–H groups in total. The van der Waals surface area contributed by atoms with E-state index in [2.05, 4.69) is 5.32 Å². The van der Waals surface area contributed by atoms with Gasteiger partial charge in [0.1, 0.15) is 0 Å². The predicted molar refractivity (Wildman–Crippen MR) is 88.6 cm³/mol. The van der Waals surface area contributed by atoms with E-state index in [1.54, 1.807) is 24.3 Å². The first-order chi connectivity index (χ1) is 11.2. The van der Waals surface area contributed by atoms with Gasteiger partial charge in [0.25, 0.3) is 0 Å². The highest BCUT2D eigenvalue weighted by atomic mass is 16.3. The van der Waals surface area contributed by atoms with Gasteiger partial charge in [-0.05, 0) is 23.8 Å².